The number of hydrogen-bond acceptors (Lipinski definition) is 6. The van der Waals surface area contributed by atoms with E-state index in [-0.39, 0.29) is 16.9 Å². The largest absolute Gasteiger partial charge is 0.508 e. The van der Waals surface area contributed by atoms with E-state index in [1.807, 2.05) is 0 Å². The normalized spacial score (nSPS) is 12.5. The molecule has 0 spiro atoms. The van der Waals surface area contributed by atoms with Crippen molar-refractivity contribution in [3.8, 4) is 11.5 Å². The van der Waals surface area contributed by atoms with Crippen molar-refractivity contribution in [2.75, 3.05) is 0 Å². The molecule has 6 aromatic rings. The highest BCUT2D eigenvalue weighted by molar-refractivity contribution is 6.31. The fourth-order valence-corrected chi connectivity index (χ4v) is 3.67. The van der Waals surface area contributed by atoms with Crippen molar-refractivity contribution in [3.63, 3.8) is 0 Å². The molecule has 2 N–H and O–H groups in total. The van der Waals surface area contributed by atoms with Gasteiger partial charge in [-0.3, -0.25) is 4.79 Å². The number of hydrogen-bond donors (Lipinski definition) is 2. The molecule has 3 heterocycles. The van der Waals surface area contributed by atoms with Crippen molar-refractivity contribution in [3.05, 3.63) is 46.6 Å². The highest BCUT2D eigenvalue weighted by Gasteiger charge is 2.22. The molecule has 25 heavy (non-hydrogen) atoms. The summed E-state index contributed by atoms with van der Waals surface area (Å²) in [5.41, 5.74) is 2.12. The van der Waals surface area contributed by atoms with Gasteiger partial charge in [-0.1, -0.05) is 0 Å². The topological polar surface area (TPSA) is 97.0 Å². The van der Waals surface area contributed by atoms with Gasteiger partial charge in [-0.2, -0.15) is 0 Å². The molecule has 120 valence electrons. The standard InChI is InChI=1S/C19H8O6/c20-7-1-10-16-11(2-7)24-14-5-9(22)6-15-18(14)19(16)17-12(23-10)3-8(21)4-13(17)25-15/h1-6,20-21H. The van der Waals surface area contributed by atoms with Crippen LogP contribution in [0.1, 0.15) is 0 Å². The van der Waals surface area contributed by atoms with Crippen LogP contribution in [0.4, 0.5) is 0 Å². The van der Waals surface area contributed by atoms with Crippen molar-refractivity contribution < 1.29 is 23.5 Å². The second-order valence-corrected chi connectivity index (χ2v) is 6.11. The van der Waals surface area contributed by atoms with Crippen molar-refractivity contribution >= 4 is 55.0 Å². The van der Waals surface area contributed by atoms with E-state index in [2.05, 4.69) is 0 Å². The molecule has 0 unspecified atom stereocenters. The summed E-state index contributed by atoms with van der Waals surface area (Å²) in [4.78, 5) is 12.0. The molecule has 0 saturated heterocycles. The van der Waals surface area contributed by atoms with E-state index >= 15 is 0 Å². The third kappa shape index (κ3) is 1.46. The lowest BCUT2D eigenvalue weighted by molar-refractivity contribution is 0.472. The second kappa shape index (κ2) is 3.87. The predicted molar refractivity (Wildman–Crippen MR) is 91.6 cm³/mol. The Labute approximate surface area is 137 Å². The third-order valence-corrected chi connectivity index (χ3v) is 4.55. The number of aromatic hydroxyl groups is 2. The van der Waals surface area contributed by atoms with E-state index in [9.17, 15) is 15.0 Å². The molecule has 0 bridgehead atoms. The Morgan fingerprint density at radius 3 is 1.20 bits per heavy atom. The quantitative estimate of drug-likeness (QED) is 0.315. The first-order valence-corrected chi connectivity index (χ1v) is 7.59. The minimum absolute atomic E-state index is 0.0211. The van der Waals surface area contributed by atoms with Crippen molar-refractivity contribution in [1.82, 2.24) is 0 Å². The molecule has 0 aliphatic heterocycles. The molecule has 0 fully saturated rings. The van der Waals surface area contributed by atoms with Gasteiger partial charge in [0, 0.05) is 41.8 Å². The average Bonchev–Trinajstić information content (AvgIpc) is 2.52. The van der Waals surface area contributed by atoms with E-state index in [1.165, 1.54) is 36.4 Å². The Balaban J connectivity index is 2.14. The molecule has 3 aromatic heterocycles. The van der Waals surface area contributed by atoms with Gasteiger partial charge in [0.15, 0.2) is 5.43 Å². The fourth-order valence-electron chi connectivity index (χ4n) is 3.67. The fraction of sp³-hybridized carbons (Fsp3) is 0. The predicted octanol–water partition coefficient (Wildman–Crippen LogP) is 4.44. The molecule has 6 rings (SSSR count). The number of rotatable bonds is 0. The molecule has 0 radical (unpaired) electrons. The highest BCUT2D eigenvalue weighted by Crippen LogP contribution is 2.45. The van der Waals surface area contributed by atoms with E-state index in [1.54, 1.807) is 0 Å². The third-order valence-electron chi connectivity index (χ3n) is 4.55. The van der Waals surface area contributed by atoms with E-state index in [4.69, 9.17) is 13.3 Å². The summed E-state index contributed by atoms with van der Waals surface area (Å²) >= 11 is 0. The van der Waals surface area contributed by atoms with Crippen LogP contribution in [0.25, 0.3) is 55.0 Å². The maximum absolute atomic E-state index is 12.0. The first kappa shape index (κ1) is 12.7. The molecular weight excluding hydrogens is 324 g/mol. The molecule has 6 nitrogen and oxygen atoms in total. The summed E-state index contributed by atoms with van der Waals surface area (Å²) in [6, 6.07) is 8.73. The zero-order valence-electron chi connectivity index (χ0n) is 12.5. The lowest BCUT2D eigenvalue weighted by Crippen LogP contribution is -1.98. The Bertz CT molecular complexity index is 1420. The smallest absolute Gasteiger partial charge is 0.186 e. The molecule has 0 aliphatic rings. The van der Waals surface area contributed by atoms with Crippen LogP contribution in [-0.2, 0) is 0 Å². The van der Waals surface area contributed by atoms with Gasteiger partial charge in [0.1, 0.15) is 45.0 Å². The Kier molecular flexibility index (Phi) is 1.97. The maximum Gasteiger partial charge on any atom is 0.186 e. The lowest BCUT2D eigenvalue weighted by atomic mass is 9.99. The van der Waals surface area contributed by atoms with Gasteiger partial charge in [0.25, 0.3) is 0 Å². The van der Waals surface area contributed by atoms with Gasteiger partial charge in [0.2, 0.25) is 0 Å². The molecule has 0 aliphatic carbocycles. The van der Waals surface area contributed by atoms with Gasteiger partial charge in [-0.25, -0.2) is 0 Å². The number of phenolic OH excluding ortho intramolecular Hbond substituents is 2. The monoisotopic (exact) mass is 332 g/mol. The van der Waals surface area contributed by atoms with Crippen LogP contribution in [0.3, 0.4) is 0 Å². The Morgan fingerprint density at radius 1 is 0.520 bits per heavy atom. The van der Waals surface area contributed by atoms with Gasteiger partial charge in [-0.15, -0.1) is 0 Å². The SMILES string of the molecule is O=c1cc2oc3cc(O)cc4oc5cc(O)cc6oc(c1)c2c(c43)c56. The van der Waals surface area contributed by atoms with Crippen molar-refractivity contribution in [2.45, 2.75) is 0 Å². The molecule has 0 saturated carbocycles. The van der Waals surface area contributed by atoms with E-state index in [0.717, 1.165) is 5.39 Å². The van der Waals surface area contributed by atoms with E-state index in [0.29, 0.717) is 49.7 Å². The van der Waals surface area contributed by atoms with Crippen LogP contribution in [0.5, 0.6) is 11.5 Å². The zero-order valence-corrected chi connectivity index (χ0v) is 12.5. The number of benzene rings is 3. The highest BCUT2D eigenvalue weighted by atomic mass is 16.4. The lowest BCUT2D eigenvalue weighted by Gasteiger charge is -2.15. The van der Waals surface area contributed by atoms with Crippen LogP contribution in [-0.4, -0.2) is 10.2 Å². The summed E-state index contributed by atoms with van der Waals surface area (Å²) in [5, 5.41) is 22.8. The summed E-state index contributed by atoms with van der Waals surface area (Å²) in [7, 11) is 0. The number of phenols is 2. The maximum atomic E-state index is 12.0. The second-order valence-electron chi connectivity index (χ2n) is 6.11. The summed E-state index contributed by atoms with van der Waals surface area (Å²) in [5.74, 6) is -0.0422. The van der Waals surface area contributed by atoms with Crippen molar-refractivity contribution in [2.24, 2.45) is 0 Å². The van der Waals surface area contributed by atoms with Crippen molar-refractivity contribution in [1.29, 1.82) is 0 Å². The molecular formula is C19H8O6. The van der Waals surface area contributed by atoms with Gasteiger partial charge in [-0.05, 0) is 0 Å². The molecule has 6 heteroatoms. The van der Waals surface area contributed by atoms with Crippen LogP contribution in [0.15, 0.2) is 54.4 Å². The van der Waals surface area contributed by atoms with Gasteiger partial charge < -0.3 is 23.5 Å². The Morgan fingerprint density at radius 2 is 0.840 bits per heavy atom. The molecule has 0 atom stereocenters. The van der Waals surface area contributed by atoms with Crippen LogP contribution in [0, 0.1) is 0 Å². The average molecular weight is 332 g/mol. The van der Waals surface area contributed by atoms with Gasteiger partial charge >= 0.3 is 0 Å². The summed E-state index contributed by atoms with van der Waals surface area (Å²) < 4.78 is 17.6. The van der Waals surface area contributed by atoms with Crippen LogP contribution >= 0.6 is 0 Å². The first-order chi connectivity index (χ1) is 12.1. The minimum atomic E-state index is -0.255. The molecule has 0 amide bonds. The minimum Gasteiger partial charge on any atom is -0.508 e. The Hall–Kier alpha value is -3.67. The van der Waals surface area contributed by atoms with Gasteiger partial charge in [0.05, 0.1) is 16.2 Å². The zero-order chi connectivity index (χ0) is 16.9. The molecule has 3 aromatic carbocycles. The summed E-state index contributed by atoms with van der Waals surface area (Å²) in [6.07, 6.45) is 0. The van der Waals surface area contributed by atoms with Crippen LogP contribution < -0.4 is 5.43 Å². The first-order valence-electron chi connectivity index (χ1n) is 7.59. The van der Waals surface area contributed by atoms with E-state index < -0.39 is 0 Å². The van der Waals surface area contributed by atoms with Crippen LogP contribution in [0.2, 0.25) is 0 Å². The summed E-state index contributed by atoms with van der Waals surface area (Å²) in [6.45, 7) is 0.